The summed E-state index contributed by atoms with van der Waals surface area (Å²) >= 11 is 14.0. The number of hydrogen-bond donors (Lipinski definition) is 8. The molecule has 98 heavy (non-hydrogen) atoms. The van der Waals surface area contributed by atoms with Gasteiger partial charge in [0.25, 0.3) is 0 Å². The highest BCUT2D eigenvalue weighted by atomic mass is 79.9. The molecule has 0 saturated heterocycles. The van der Waals surface area contributed by atoms with Crippen LogP contribution in [0, 0.1) is 34.0 Å². The summed E-state index contributed by atoms with van der Waals surface area (Å²) in [4.78, 5) is 115. The average molecular weight is 1580 g/mol. The topological polar surface area (TPSA) is 424 Å². The van der Waals surface area contributed by atoms with Crippen LogP contribution in [0.3, 0.4) is 0 Å². The minimum Gasteiger partial charge on any atom is -0.480 e. The van der Waals surface area contributed by atoms with Crippen LogP contribution in [0.4, 0.5) is 0 Å². The Morgan fingerprint density at radius 3 is 1.01 bits per heavy atom. The molecular weight excluding hydrogens is 1520 g/mol. The number of thioether (sulfide) groups is 3. The Balaban J connectivity index is 0.000000222. The summed E-state index contributed by atoms with van der Waals surface area (Å²) in [5, 5.41) is 63.8. The lowest BCUT2D eigenvalue weighted by Gasteiger charge is -2.13. The summed E-state index contributed by atoms with van der Waals surface area (Å²) in [6.07, 6.45) is 4.88. The van der Waals surface area contributed by atoms with Crippen molar-refractivity contribution in [2.45, 2.75) is 29.3 Å². The Hall–Kier alpha value is -10.1. The van der Waals surface area contributed by atoms with Crippen molar-refractivity contribution in [1.82, 2.24) is 55.2 Å². The lowest BCUT2D eigenvalue weighted by Crippen LogP contribution is -2.40. The van der Waals surface area contributed by atoms with Gasteiger partial charge in [0.15, 0.2) is 15.5 Å². The predicted molar refractivity (Wildman–Crippen MR) is 375 cm³/mol. The third kappa shape index (κ3) is 22.2. The summed E-state index contributed by atoms with van der Waals surface area (Å²) in [5.74, 6) is -5.31. The maximum absolute atomic E-state index is 12.2. The minimum atomic E-state index is -1.16. The van der Waals surface area contributed by atoms with Crippen LogP contribution in [0.15, 0.2) is 157 Å². The van der Waals surface area contributed by atoms with Gasteiger partial charge in [0.05, 0.1) is 121 Å². The van der Waals surface area contributed by atoms with Gasteiger partial charge in [0, 0.05) is 32.3 Å². The predicted octanol–water partition coefficient (Wildman–Crippen LogP) is 7.08. The molecule has 3 aromatic heterocycles. The molecule has 506 valence electrons. The first-order chi connectivity index (χ1) is 47.2. The number of ether oxygens (including phenoxy) is 2. The summed E-state index contributed by atoms with van der Waals surface area (Å²) in [7, 11) is 0. The van der Waals surface area contributed by atoms with E-state index < -0.39 is 54.6 Å². The SMILES string of the molecule is CCOC(=O)CN.CCOC(=O)CNC(=O)CNC(=O)CSc1ncc(Br)n1-c1ccc(C#N)c2ccccc12.N#Cc1ccc(-n2c(Br)cnc2SCC(=O)NCC(=O)NCC(=O)O)c2ccccc12.N#Cc1ccc(-n2c(Br)cnc2SCC(=O)NCC(=O)O)c2ccccc12. The molecule has 0 bridgehead atoms. The molecule has 0 spiro atoms. The molecular formula is C64H58Br3N15O13S3. The van der Waals surface area contributed by atoms with Crippen molar-refractivity contribution in [2.75, 3.05) is 69.7 Å². The number of aliphatic carboxylic acids is 2. The van der Waals surface area contributed by atoms with E-state index in [1.54, 1.807) is 50.6 Å². The number of carbonyl (C=O) groups excluding carboxylic acids is 7. The number of nitrogens with zero attached hydrogens (tertiary/aromatic N) is 9. The number of aromatic nitrogens is 6. The van der Waals surface area contributed by atoms with Crippen molar-refractivity contribution >= 4 is 169 Å². The van der Waals surface area contributed by atoms with Crippen molar-refractivity contribution in [3.63, 3.8) is 0 Å². The molecule has 28 nitrogen and oxygen atoms in total. The number of carboxylic acids is 2. The molecule has 0 aliphatic heterocycles. The second-order valence-electron chi connectivity index (χ2n) is 19.3. The van der Waals surface area contributed by atoms with Gasteiger partial charge in [-0.2, -0.15) is 15.8 Å². The van der Waals surface area contributed by atoms with E-state index in [1.165, 1.54) is 35.3 Å². The van der Waals surface area contributed by atoms with Gasteiger partial charge in [-0.05, 0) is 98.0 Å². The van der Waals surface area contributed by atoms with Crippen molar-refractivity contribution in [2.24, 2.45) is 5.73 Å². The first-order valence-corrected chi connectivity index (χ1v) is 34.1. The number of rotatable bonds is 25. The number of esters is 2. The fourth-order valence-corrected chi connectivity index (χ4v) is 12.8. The van der Waals surface area contributed by atoms with Crippen LogP contribution in [0.25, 0.3) is 49.4 Å². The van der Waals surface area contributed by atoms with Gasteiger partial charge < -0.3 is 52.0 Å². The number of imidazole rings is 3. The number of nitrogens with one attached hydrogen (secondary N) is 5. The first-order valence-electron chi connectivity index (χ1n) is 28.8. The van der Waals surface area contributed by atoms with Crippen molar-refractivity contribution < 1.29 is 62.8 Å². The lowest BCUT2D eigenvalue weighted by molar-refractivity contribution is -0.143. The Kier molecular flexibility index (Phi) is 30.7. The summed E-state index contributed by atoms with van der Waals surface area (Å²) < 4.78 is 16.8. The Labute approximate surface area is 596 Å². The van der Waals surface area contributed by atoms with E-state index in [4.69, 9.17) is 20.7 Å². The van der Waals surface area contributed by atoms with Crippen LogP contribution in [0.5, 0.6) is 0 Å². The quantitative estimate of drug-likeness (QED) is 0.0209. The van der Waals surface area contributed by atoms with Gasteiger partial charge in [-0.3, -0.25) is 56.9 Å². The number of carboxylic acid groups (broad SMARTS) is 2. The molecule has 6 aromatic carbocycles. The number of benzene rings is 6. The lowest BCUT2D eigenvalue weighted by atomic mass is 10.0. The molecule has 9 rings (SSSR count). The monoisotopic (exact) mass is 1580 g/mol. The molecule has 0 atom stereocenters. The zero-order valence-corrected chi connectivity index (χ0v) is 59.0. The third-order valence-corrected chi connectivity index (χ3v) is 17.4. The van der Waals surface area contributed by atoms with Gasteiger partial charge >= 0.3 is 23.9 Å². The zero-order valence-electron chi connectivity index (χ0n) is 51.7. The van der Waals surface area contributed by atoms with E-state index in [1.807, 2.05) is 105 Å². The van der Waals surface area contributed by atoms with Crippen LogP contribution >= 0.6 is 83.1 Å². The van der Waals surface area contributed by atoms with Crippen LogP contribution in [-0.4, -0.2) is 162 Å². The van der Waals surface area contributed by atoms with Crippen molar-refractivity contribution in [3.05, 3.63) is 158 Å². The van der Waals surface area contributed by atoms with E-state index in [2.05, 4.69) is 112 Å². The smallest absolute Gasteiger partial charge is 0.325 e. The molecule has 34 heteroatoms. The number of halogens is 3. The molecule has 5 amide bonds. The fourth-order valence-electron chi connectivity index (χ4n) is 8.61. The minimum absolute atomic E-state index is 0.00384. The maximum atomic E-state index is 12.2. The maximum Gasteiger partial charge on any atom is 0.325 e. The van der Waals surface area contributed by atoms with Gasteiger partial charge in [0.1, 0.15) is 33.4 Å². The Bertz CT molecular complexity index is 4570. The Morgan fingerprint density at radius 1 is 0.439 bits per heavy atom. The normalized spacial score (nSPS) is 10.3. The highest BCUT2D eigenvalue weighted by molar-refractivity contribution is 9.11. The molecule has 0 fully saturated rings. The van der Waals surface area contributed by atoms with Gasteiger partial charge in [-0.15, -0.1) is 0 Å². The van der Waals surface area contributed by atoms with Crippen LogP contribution in [-0.2, 0) is 52.6 Å². The third-order valence-electron chi connectivity index (χ3n) is 12.8. The van der Waals surface area contributed by atoms with Crippen molar-refractivity contribution in [1.29, 1.82) is 15.8 Å². The van der Waals surface area contributed by atoms with Crippen LogP contribution in [0.2, 0.25) is 0 Å². The number of nitrogens with two attached hydrogens (primary N) is 1. The molecule has 0 unspecified atom stereocenters. The molecule has 0 saturated carbocycles. The molecule has 9 N–H and O–H groups in total. The number of fused-ring (bicyclic) bond motifs is 3. The van der Waals surface area contributed by atoms with E-state index in [0.717, 1.165) is 49.4 Å². The number of carbonyl (C=O) groups is 9. The largest absolute Gasteiger partial charge is 0.480 e. The number of amides is 5. The van der Waals surface area contributed by atoms with E-state index >= 15 is 0 Å². The number of hydrogen-bond acceptors (Lipinski definition) is 21. The second kappa shape index (κ2) is 39.2. The zero-order chi connectivity index (χ0) is 71.3. The van der Waals surface area contributed by atoms with Gasteiger partial charge in [0.2, 0.25) is 29.5 Å². The van der Waals surface area contributed by atoms with Crippen LogP contribution in [0.1, 0.15) is 30.5 Å². The summed E-state index contributed by atoms with van der Waals surface area (Å²) in [5.41, 5.74) is 9.03. The summed E-state index contributed by atoms with van der Waals surface area (Å²) in [6.45, 7) is 2.30. The average Bonchev–Trinajstić information content (AvgIpc) is 1.48. The highest BCUT2D eigenvalue weighted by Crippen LogP contribution is 2.35. The van der Waals surface area contributed by atoms with Gasteiger partial charge in [-0.25, -0.2) is 15.0 Å². The first kappa shape index (κ1) is 76.9. The molecule has 0 radical (unpaired) electrons. The fraction of sp³-hybridized carbons (Fsp3) is 0.203. The Morgan fingerprint density at radius 2 is 0.724 bits per heavy atom. The number of nitriles is 3. The van der Waals surface area contributed by atoms with Gasteiger partial charge in [-0.1, -0.05) is 108 Å². The standard InChI is InChI=1S/C22H20BrN5O4S.C20H16BrN5O4S.C18H13BrN4O3S.C4H9NO2/c1-2-32-21(31)12-26-19(29)11-25-20(30)13-33-22-27-10-18(23)28(22)17-8-7-14(9-24)15-5-3-4-6-16(15)17;21-16-8-25-20(31-11-18(28)23-9-17(27)24-10-19(29)30)26(16)15-6-5-12(7-22)13-3-1-2-4-14(13)15;19-15-8-22-18(27-10-16(24)21-9-17(25)26)23(15)14-6-5-11(7-20)12-3-1-2-4-13(12)14;1-2-7-4(6)3-5/h3-8,10H,2,11-13H2,1H3,(H,25,30)(H,26,29);1-6,8H,9-11H2,(H,23,28)(H,24,27)(H,29,30);1-6,8H,9-10H2,(H,21,24)(H,25,26);2-3,5H2,1H3. The highest BCUT2D eigenvalue weighted by Gasteiger charge is 2.21. The molecule has 9 aromatic rings. The van der Waals surface area contributed by atoms with E-state index in [-0.39, 0.29) is 61.9 Å². The molecule has 3 heterocycles. The van der Waals surface area contributed by atoms with Crippen molar-refractivity contribution in [3.8, 4) is 35.3 Å². The molecule has 0 aliphatic carbocycles. The second-order valence-corrected chi connectivity index (χ2v) is 24.6. The van der Waals surface area contributed by atoms with E-state index in [0.29, 0.717) is 52.6 Å². The van der Waals surface area contributed by atoms with E-state index in [9.17, 15) is 58.9 Å². The summed E-state index contributed by atoms with van der Waals surface area (Å²) in [6, 6.07) is 40.0. The van der Waals surface area contributed by atoms with Crippen LogP contribution < -0.4 is 32.3 Å². The molecule has 0 aliphatic rings.